The highest BCUT2D eigenvalue weighted by atomic mass is 28.4. The summed E-state index contributed by atoms with van der Waals surface area (Å²) in [5.74, 6) is 0.106. The van der Waals surface area contributed by atoms with Gasteiger partial charge in [0.2, 0.25) is 0 Å². The van der Waals surface area contributed by atoms with Gasteiger partial charge in [-0.05, 0) is 49.0 Å². The number of amides is 2. The van der Waals surface area contributed by atoms with Crippen LogP contribution in [0.15, 0.2) is 30.3 Å². The molecule has 2 amide bonds. The minimum absolute atomic E-state index is 0.0748. The molecule has 2 fully saturated rings. The Bertz CT molecular complexity index is 630. The van der Waals surface area contributed by atoms with E-state index >= 15 is 0 Å². The quantitative estimate of drug-likeness (QED) is 0.398. The number of rotatable bonds is 7. The van der Waals surface area contributed by atoms with Crippen molar-refractivity contribution < 1.29 is 14.0 Å². The van der Waals surface area contributed by atoms with E-state index in [2.05, 4.69) is 20.8 Å². The normalized spacial score (nSPS) is 24.0. The van der Waals surface area contributed by atoms with Crippen LogP contribution in [0.4, 0.5) is 0 Å². The van der Waals surface area contributed by atoms with Gasteiger partial charge in [-0.3, -0.25) is 14.5 Å². The highest BCUT2D eigenvalue weighted by Crippen LogP contribution is 2.41. The molecule has 1 aliphatic heterocycles. The number of hydrogen-bond donors (Lipinski definition) is 0. The monoisotopic (exact) mass is 373 g/mol. The lowest BCUT2D eigenvalue weighted by Crippen LogP contribution is -2.71. The molecule has 1 saturated carbocycles. The number of imide groups is 1. The van der Waals surface area contributed by atoms with Crippen LogP contribution in [-0.2, 0) is 9.22 Å². The van der Waals surface area contributed by atoms with Gasteiger partial charge < -0.3 is 4.43 Å². The number of β-lactam (4-membered cyclic amide) rings is 1. The van der Waals surface area contributed by atoms with E-state index in [1.807, 2.05) is 18.2 Å². The Balaban J connectivity index is 1.85. The topological polar surface area (TPSA) is 46.6 Å². The SMILES string of the molecule is CC[Si](CC)(CC)O[C@@H]1C(=O)N(C(=O)c2ccccc2)[C@@H]1C1CCCC1. The van der Waals surface area contributed by atoms with Crippen molar-refractivity contribution in [3.8, 4) is 0 Å². The third-order valence-corrected chi connectivity index (χ3v) is 11.1. The number of likely N-dealkylation sites (tertiary alicyclic amines) is 1. The van der Waals surface area contributed by atoms with Crippen LogP contribution in [0.25, 0.3) is 0 Å². The largest absolute Gasteiger partial charge is 0.403 e. The van der Waals surface area contributed by atoms with E-state index in [0.717, 1.165) is 31.0 Å². The third-order valence-electron chi connectivity index (χ3n) is 6.52. The van der Waals surface area contributed by atoms with E-state index in [9.17, 15) is 9.59 Å². The molecule has 0 bridgehead atoms. The minimum Gasteiger partial charge on any atom is -0.403 e. The van der Waals surface area contributed by atoms with Crippen molar-refractivity contribution in [1.82, 2.24) is 4.90 Å². The van der Waals surface area contributed by atoms with E-state index in [1.54, 1.807) is 12.1 Å². The maximum atomic E-state index is 13.0. The molecule has 0 aromatic heterocycles. The standard InChI is InChI=1S/C21H31NO3Si/c1-4-26(5-2,6-3)25-19-18(16-12-10-11-13-16)22(21(19)24)20(23)17-14-8-7-9-15-17/h7-9,14-16,18-19H,4-6,10-13H2,1-3H3/t18-,19+/m1/s1. The number of benzene rings is 1. The summed E-state index contributed by atoms with van der Waals surface area (Å²) in [6.07, 6.45) is 4.16. The Morgan fingerprint density at radius 1 is 1.08 bits per heavy atom. The lowest BCUT2D eigenvalue weighted by molar-refractivity contribution is -0.162. The van der Waals surface area contributed by atoms with Crippen molar-refractivity contribution in [2.75, 3.05) is 0 Å². The van der Waals surface area contributed by atoms with Gasteiger partial charge in [0.25, 0.3) is 11.8 Å². The Kier molecular flexibility index (Phi) is 5.98. The Morgan fingerprint density at radius 3 is 2.19 bits per heavy atom. The molecule has 5 heteroatoms. The van der Waals surface area contributed by atoms with Gasteiger partial charge in [0.15, 0.2) is 8.32 Å². The number of carbonyl (C=O) groups excluding carboxylic acids is 2. The van der Waals surface area contributed by atoms with Gasteiger partial charge >= 0.3 is 0 Å². The van der Waals surface area contributed by atoms with Gasteiger partial charge in [-0.1, -0.05) is 51.8 Å². The van der Waals surface area contributed by atoms with Gasteiger partial charge in [0.05, 0.1) is 6.04 Å². The van der Waals surface area contributed by atoms with Crippen molar-refractivity contribution in [1.29, 1.82) is 0 Å². The zero-order valence-corrected chi connectivity index (χ0v) is 17.2. The van der Waals surface area contributed by atoms with Crippen molar-refractivity contribution in [2.24, 2.45) is 5.92 Å². The van der Waals surface area contributed by atoms with Crippen LogP contribution in [-0.4, -0.2) is 37.2 Å². The molecule has 1 aliphatic carbocycles. The van der Waals surface area contributed by atoms with E-state index in [0.29, 0.717) is 11.5 Å². The first-order chi connectivity index (χ1) is 12.6. The molecule has 0 spiro atoms. The van der Waals surface area contributed by atoms with Crippen molar-refractivity contribution >= 4 is 20.1 Å². The second-order valence-corrected chi connectivity index (χ2v) is 12.4. The summed E-state index contributed by atoms with van der Waals surface area (Å²) in [5.41, 5.74) is 0.590. The number of carbonyl (C=O) groups is 2. The summed E-state index contributed by atoms with van der Waals surface area (Å²) in [6.45, 7) is 6.54. The van der Waals surface area contributed by atoms with Crippen LogP contribution < -0.4 is 0 Å². The average Bonchev–Trinajstić information content (AvgIpc) is 3.21. The summed E-state index contributed by atoms with van der Waals surface area (Å²) in [6, 6.07) is 12.2. The molecule has 1 aromatic carbocycles. The maximum Gasteiger partial charge on any atom is 0.260 e. The molecular formula is C21H31NO3Si. The minimum atomic E-state index is -1.89. The lowest BCUT2D eigenvalue weighted by Gasteiger charge is -2.51. The summed E-state index contributed by atoms with van der Waals surface area (Å²) >= 11 is 0. The van der Waals surface area contributed by atoms with Crippen LogP contribution in [0.3, 0.4) is 0 Å². The fraction of sp³-hybridized carbons (Fsp3) is 0.619. The molecule has 1 aromatic rings. The average molecular weight is 374 g/mol. The zero-order valence-electron chi connectivity index (χ0n) is 16.2. The fourth-order valence-electron chi connectivity index (χ4n) is 4.59. The molecule has 0 N–H and O–H groups in total. The summed E-state index contributed by atoms with van der Waals surface area (Å²) in [7, 11) is -1.89. The molecule has 1 heterocycles. The van der Waals surface area contributed by atoms with Crippen LogP contribution in [0.5, 0.6) is 0 Å². The second-order valence-electron chi connectivity index (χ2n) is 7.70. The van der Waals surface area contributed by atoms with Crippen LogP contribution in [0, 0.1) is 5.92 Å². The molecule has 1 saturated heterocycles. The molecule has 142 valence electrons. The second kappa shape index (κ2) is 8.05. The zero-order chi connectivity index (χ0) is 18.7. The molecule has 0 radical (unpaired) electrons. The highest BCUT2D eigenvalue weighted by molar-refractivity contribution is 6.73. The van der Waals surface area contributed by atoms with Gasteiger partial charge in [-0.15, -0.1) is 0 Å². The van der Waals surface area contributed by atoms with Gasteiger partial charge in [0, 0.05) is 5.56 Å². The summed E-state index contributed by atoms with van der Waals surface area (Å²) < 4.78 is 6.57. The molecule has 0 unspecified atom stereocenters. The number of hydrogen-bond acceptors (Lipinski definition) is 3. The van der Waals surface area contributed by atoms with E-state index in [4.69, 9.17) is 4.43 Å². The van der Waals surface area contributed by atoms with E-state index < -0.39 is 14.4 Å². The smallest absolute Gasteiger partial charge is 0.260 e. The molecule has 2 aliphatic rings. The van der Waals surface area contributed by atoms with Crippen LogP contribution >= 0.6 is 0 Å². The van der Waals surface area contributed by atoms with Gasteiger partial charge in [-0.25, -0.2) is 0 Å². The highest BCUT2D eigenvalue weighted by Gasteiger charge is 2.56. The van der Waals surface area contributed by atoms with Crippen LogP contribution in [0.2, 0.25) is 18.1 Å². The Labute approximate surface area is 158 Å². The molecule has 3 rings (SSSR count). The molecular weight excluding hydrogens is 342 g/mol. The molecule has 26 heavy (non-hydrogen) atoms. The predicted octanol–water partition coefficient (Wildman–Crippen LogP) is 4.62. The maximum absolute atomic E-state index is 13.0. The van der Waals surface area contributed by atoms with E-state index in [-0.39, 0.29) is 17.9 Å². The van der Waals surface area contributed by atoms with Crippen molar-refractivity contribution in [3.63, 3.8) is 0 Å². The first-order valence-electron chi connectivity index (χ1n) is 10.2. The van der Waals surface area contributed by atoms with Gasteiger partial charge in [-0.2, -0.15) is 0 Å². The van der Waals surface area contributed by atoms with Crippen molar-refractivity contribution in [3.05, 3.63) is 35.9 Å². The summed E-state index contributed by atoms with van der Waals surface area (Å²) in [4.78, 5) is 27.5. The number of nitrogens with zero attached hydrogens (tertiary/aromatic N) is 1. The lowest BCUT2D eigenvalue weighted by atomic mass is 9.84. The van der Waals surface area contributed by atoms with E-state index in [1.165, 1.54) is 17.7 Å². The first-order valence-corrected chi connectivity index (χ1v) is 12.7. The van der Waals surface area contributed by atoms with Gasteiger partial charge in [0.1, 0.15) is 6.10 Å². The Morgan fingerprint density at radius 2 is 1.65 bits per heavy atom. The van der Waals surface area contributed by atoms with Crippen molar-refractivity contribution in [2.45, 2.75) is 76.7 Å². The third kappa shape index (κ3) is 3.39. The molecule has 4 nitrogen and oxygen atoms in total. The first kappa shape index (κ1) is 19.3. The Hall–Kier alpha value is -1.46. The predicted molar refractivity (Wildman–Crippen MR) is 105 cm³/mol. The molecule has 2 atom stereocenters. The van der Waals surface area contributed by atoms with Crippen LogP contribution in [0.1, 0.15) is 56.8 Å². The summed E-state index contributed by atoms with van der Waals surface area (Å²) in [5, 5.41) is 0. The fourth-order valence-corrected chi connectivity index (χ4v) is 7.36.